The molecule has 0 aromatic heterocycles. The molecule has 2 aromatic rings. The molecule has 1 fully saturated rings. The lowest BCUT2D eigenvalue weighted by Gasteiger charge is -2.16. The second-order valence-electron chi connectivity index (χ2n) is 6.12. The predicted molar refractivity (Wildman–Crippen MR) is 91.4 cm³/mol. The molecule has 5 heteroatoms. The quantitative estimate of drug-likeness (QED) is 0.788. The van der Waals surface area contributed by atoms with E-state index in [1.165, 1.54) is 6.07 Å². The minimum atomic E-state index is -0.467. The summed E-state index contributed by atoms with van der Waals surface area (Å²) in [7, 11) is 0. The fourth-order valence-electron chi connectivity index (χ4n) is 2.91. The topological polar surface area (TPSA) is 70.4 Å². The van der Waals surface area contributed by atoms with E-state index >= 15 is 0 Å². The normalized spacial score (nSPS) is 16.5. The molecule has 5 nitrogen and oxygen atoms in total. The smallest absolute Gasteiger partial charge is 0.338 e. The largest absolute Gasteiger partial charge is 0.462 e. The van der Waals surface area contributed by atoms with E-state index in [0.717, 1.165) is 5.56 Å². The molecule has 0 aliphatic carbocycles. The molecule has 3 rings (SSSR count). The van der Waals surface area contributed by atoms with Crippen molar-refractivity contribution in [2.75, 3.05) is 13.2 Å². The maximum atomic E-state index is 12.1. The van der Waals surface area contributed by atoms with Gasteiger partial charge in [0.15, 0.2) is 0 Å². The molecule has 2 aromatic carbocycles. The number of rotatable bonds is 5. The first-order valence-electron chi connectivity index (χ1n) is 8.14. The van der Waals surface area contributed by atoms with Crippen LogP contribution in [0.1, 0.15) is 27.9 Å². The third-order valence-electron chi connectivity index (χ3n) is 4.19. The summed E-state index contributed by atoms with van der Waals surface area (Å²) in [5.74, 6) is -0.387. The first kappa shape index (κ1) is 16.7. The number of hydrogen-bond acceptors (Lipinski definition) is 4. The van der Waals surface area contributed by atoms with Gasteiger partial charge in [0.2, 0.25) is 5.91 Å². The van der Waals surface area contributed by atoms with Crippen LogP contribution < -0.4 is 0 Å². The van der Waals surface area contributed by atoms with Crippen molar-refractivity contribution in [3.05, 3.63) is 71.3 Å². The van der Waals surface area contributed by atoms with Gasteiger partial charge in [-0.15, -0.1) is 0 Å². The van der Waals surface area contributed by atoms with Gasteiger partial charge in [-0.25, -0.2) is 4.79 Å². The minimum Gasteiger partial charge on any atom is -0.462 e. The summed E-state index contributed by atoms with van der Waals surface area (Å²) in [6.45, 7) is 1.36. The van der Waals surface area contributed by atoms with Gasteiger partial charge in [-0.2, -0.15) is 5.26 Å². The van der Waals surface area contributed by atoms with Crippen molar-refractivity contribution in [1.82, 2.24) is 4.90 Å². The zero-order valence-corrected chi connectivity index (χ0v) is 13.7. The summed E-state index contributed by atoms with van der Waals surface area (Å²) >= 11 is 0. The number of likely N-dealkylation sites (tertiary alicyclic amines) is 1. The minimum absolute atomic E-state index is 0.000637. The van der Waals surface area contributed by atoms with Gasteiger partial charge in [-0.3, -0.25) is 4.79 Å². The maximum absolute atomic E-state index is 12.1. The molecule has 1 saturated heterocycles. The Kier molecular flexibility index (Phi) is 5.10. The predicted octanol–water partition coefficient (Wildman–Crippen LogP) is 2.76. The number of carbonyl (C=O) groups excluding carboxylic acids is 2. The van der Waals surface area contributed by atoms with Crippen LogP contribution in [0.15, 0.2) is 54.6 Å². The second-order valence-corrected chi connectivity index (χ2v) is 6.12. The van der Waals surface area contributed by atoms with E-state index in [1.807, 2.05) is 36.4 Å². The number of ether oxygens (including phenoxy) is 1. The molecule has 1 amide bonds. The zero-order valence-electron chi connectivity index (χ0n) is 13.7. The number of benzene rings is 2. The standard InChI is InChI=1S/C20H18N2O3/c21-11-16-7-4-8-18(9-16)20(24)25-14-17-10-19(23)22(13-17)12-15-5-2-1-3-6-15/h1-9,17H,10,12-14H2/t17-/m1/s1. The van der Waals surface area contributed by atoms with E-state index in [-0.39, 0.29) is 18.4 Å². The fraction of sp³-hybridized carbons (Fsp3) is 0.250. The molecule has 0 saturated carbocycles. The molecule has 126 valence electrons. The number of nitriles is 1. The summed E-state index contributed by atoms with van der Waals surface area (Å²) in [5, 5.41) is 8.88. The number of hydrogen-bond donors (Lipinski definition) is 0. The second kappa shape index (κ2) is 7.63. The van der Waals surface area contributed by atoms with E-state index < -0.39 is 5.97 Å². The van der Waals surface area contributed by atoms with Crippen molar-refractivity contribution < 1.29 is 14.3 Å². The molecule has 0 radical (unpaired) electrons. The van der Waals surface area contributed by atoms with Gasteiger partial charge in [0, 0.05) is 25.4 Å². The van der Waals surface area contributed by atoms with E-state index in [4.69, 9.17) is 10.00 Å². The molecule has 0 unspecified atom stereocenters. The van der Waals surface area contributed by atoms with Crippen LogP contribution in [0.4, 0.5) is 0 Å². The van der Waals surface area contributed by atoms with Gasteiger partial charge in [0.1, 0.15) is 0 Å². The van der Waals surface area contributed by atoms with Crippen LogP contribution in [0.2, 0.25) is 0 Å². The van der Waals surface area contributed by atoms with Gasteiger partial charge in [0.05, 0.1) is 23.8 Å². The highest BCUT2D eigenvalue weighted by molar-refractivity contribution is 5.89. The third kappa shape index (κ3) is 4.24. The Hall–Kier alpha value is -3.13. The highest BCUT2D eigenvalue weighted by Gasteiger charge is 2.30. The van der Waals surface area contributed by atoms with Gasteiger partial charge < -0.3 is 9.64 Å². The van der Waals surface area contributed by atoms with Crippen molar-refractivity contribution in [3.63, 3.8) is 0 Å². The Morgan fingerprint density at radius 2 is 2.00 bits per heavy atom. The Labute approximate surface area is 146 Å². The summed E-state index contributed by atoms with van der Waals surface area (Å²) in [5.41, 5.74) is 1.85. The summed E-state index contributed by atoms with van der Waals surface area (Å²) in [6, 6.07) is 18.2. The average molecular weight is 334 g/mol. The Balaban J connectivity index is 1.53. The molecular weight excluding hydrogens is 316 g/mol. The van der Waals surface area contributed by atoms with Crippen LogP contribution >= 0.6 is 0 Å². The van der Waals surface area contributed by atoms with Crippen LogP contribution in [-0.2, 0) is 16.1 Å². The number of amides is 1. The van der Waals surface area contributed by atoms with Crippen molar-refractivity contribution in [1.29, 1.82) is 5.26 Å². The van der Waals surface area contributed by atoms with Crippen LogP contribution in [-0.4, -0.2) is 29.9 Å². The fourth-order valence-corrected chi connectivity index (χ4v) is 2.91. The summed E-state index contributed by atoms with van der Waals surface area (Å²) in [6.07, 6.45) is 0.387. The van der Waals surface area contributed by atoms with Crippen molar-refractivity contribution in [3.8, 4) is 6.07 Å². The van der Waals surface area contributed by atoms with Gasteiger partial charge in [-0.1, -0.05) is 36.4 Å². The number of nitrogens with zero attached hydrogens (tertiary/aromatic N) is 2. The van der Waals surface area contributed by atoms with Gasteiger partial charge in [-0.05, 0) is 23.8 Å². The van der Waals surface area contributed by atoms with Crippen LogP contribution in [0.3, 0.4) is 0 Å². The molecule has 0 N–H and O–H groups in total. The lowest BCUT2D eigenvalue weighted by Crippen LogP contribution is -2.25. The third-order valence-corrected chi connectivity index (χ3v) is 4.19. The first-order valence-corrected chi connectivity index (χ1v) is 8.14. The average Bonchev–Trinajstić information content (AvgIpc) is 3.00. The number of carbonyl (C=O) groups is 2. The molecule has 0 bridgehead atoms. The molecule has 0 spiro atoms. The molecule has 1 aliphatic rings. The number of esters is 1. The highest BCUT2D eigenvalue weighted by Crippen LogP contribution is 2.21. The molecule has 1 heterocycles. The lowest BCUT2D eigenvalue weighted by atomic mass is 10.1. The van der Waals surface area contributed by atoms with Gasteiger partial charge >= 0.3 is 5.97 Å². The van der Waals surface area contributed by atoms with Crippen LogP contribution in [0.25, 0.3) is 0 Å². The highest BCUT2D eigenvalue weighted by atomic mass is 16.5. The zero-order chi connectivity index (χ0) is 17.6. The molecule has 25 heavy (non-hydrogen) atoms. The van der Waals surface area contributed by atoms with E-state index in [2.05, 4.69) is 0 Å². The Morgan fingerprint density at radius 1 is 1.20 bits per heavy atom. The summed E-state index contributed by atoms with van der Waals surface area (Å²) < 4.78 is 5.33. The van der Waals surface area contributed by atoms with Crippen molar-refractivity contribution in [2.45, 2.75) is 13.0 Å². The SMILES string of the molecule is N#Cc1cccc(C(=O)OC[C@@H]2CC(=O)N(Cc3ccccc3)C2)c1. The van der Waals surface area contributed by atoms with E-state index in [9.17, 15) is 9.59 Å². The maximum Gasteiger partial charge on any atom is 0.338 e. The van der Waals surface area contributed by atoms with Crippen LogP contribution in [0, 0.1) is 17.2 Å². The van der Waals surface area contributed by atoms with Crippen molar-refractivity contribution in [2.24, 2.45) is 5.92 Å². The Bertz CT molecular complexity index is 811. The van der Waals surface area contributed by atoms with E-state index in [1.54, 1.807) is 23.1 Å². The van der Waals surface area contributed by atoms with Crippen molar-refractivity contribution >= 4 is 11.9 Å². The molecule has 1 atom stereocenters. The lowest BCUT2D eigenvalue weighted by molar-refractivity contribution is -0.128. The van der Waals surface area contributed by atoms with Crippen LogP contribution in [0.5, 0.6) is 0 Å². The molecular formula is C20H18N2O3. The molecule has 1 aliphatic heterocycles. The Morgan fingerprint density at radius 3 is 2.76 bits per heavy atom. The summed E-state index contributed by atoms with van der Waals surface area (Å²) in [4.78, 5) is 26.0. The van der Waals surface area contributed by atoms with E-state index in [0.29, 0.717) is 30.6 Å². The first-order chi connectivity index (χ1) is 12.2. The van der Waals surface area contributed by atoms with Gasteiger partial charge in [0.25, 0.3) is 0 Å². The monoisotopic (exact) mass is 334 g/mol.